The Kier molecular flexibility index (Phi) is 8.02. The summed E-state index contributed by atoms with van der Waals surface area (Å²) in [4.78, 5) is 23.2. The number of carbonyl (C=O) groups is 2. The molecule has 0 saturated heterocycles. The largest absolute Gasteiger partial charge is 0.484 e. The molecule has 184 valence electrons. The first-order chi connectivity index (χ1) is 15.8. The fourth-order valence-corrected chi connectivity index (χ4v) is 4.68. The molecule has 0 spiro atoms. The van der Waals surface area contributed by atoms with Crippen LogP contribution in [0.25, 0.3) is 0 Å². The fourth-order valence-electron chi connectivity index (χ4n) is 3.02. The van der Waals surface area contributed by atoms with Gasteiger partial charge in [-0.25, -0.2) is 17.6 Å². The van der Waals surface area contributed by atoms with Gasteiger partial charge in [-0.15, -0.1) is 0 Å². The maximum atomic E-state index is 13.4. The van der Waals surface area contributed by atoms with Crippen molar-refractivity contribution in [3.63, 3.8) is 0 Å². The molecule has 3 rings (SSSR count). The zero-order valence-electron chi connectivity index (χ0n) is 17.6. The highest BCUT2D eigenvalue weighted by Gasteiger charge is 2.35. The smallest absolute Gasteiger partial charge is 0.411 e. The van der Waals surface area contributed by atoms with E-state index >= 15 is 0 Å². The van der Waals surface area contributed by atoms with Crippen molar-refractivity contribution in [2.75, 3.05) is 29.3 Å². The highest BCUT2D eigenvalue weighted by molar-refractivity contribution is 7.92. The topological polar surface area (TPSA) is 114 Å². The summed E-state index contributed by atoms with van der Waals surface area (Å²) in [6.07, 6.45) is -1.64. The van der Waals surface area contributed by atoms with E-state index in [0.717, 1.165) is 28.6 Å². The summed E-state index contributed by atoms with van der Waals surface area (Å²) in [7, 11) is -4.16. The van der Waals surface area contributed by atoms with Crippen LogP contribution in [-0.2, 0) is 19.6 Å². The van der Waals surface area contributed by atoms with Crippen LogP contribution in [0.3, 0.4) is 0 Å². The number of benzene rings is 2. The normalized spacial score (nSPS) is 15.7. The molecule has 2 aromatic carbocycles. The number of hydrogen-bond acceptors (Lipinski definition) is 6. The highest BCUT2D eigenvalue weighted by atomic mass is 35.6. The number of halogens is 4. The van der Waals surface area contributed by atoms with E-state index in [-0.39, 0.29) is 41.0 Å². The molecule has 0 saturated carbocycles. The SMILES string of the molecule is CC(=O)NCC1CN(S(=O)(=O)c2ccc(F)cc2)c2cc(NC(=O)OCC(Cl)(Cl)Cl)ccc2O1. The van der Waals surface area contributed by atoms with E-state index in [2.05, 4.69) is 10.6 Å². The third-order valence-corrected chi connectivity index (χ3v) is 6.61. The quantitative estimate of drug-likeness (QED) is 0.525. The predicted octanol–water partition coefficient (Wildman–Crippen LogP) is 3.84. The van der Waals surface area contributed by atoms with Crippen LogP contribution < -0.4 is 19.7 Å². The first kappa shape index (κ1) is 26.1. The van der Waals surface area contributed by atoms with E-state index in [9.17, 15) is 22.4 Å². The molecular weight excluding hydrogens is 536 g/mol. The van der Waals surface area contributed by atoms with Crippen molar-refractivity contribution in [1.82, 2.24) is 5.32 Å². The lowest BCUT2D eigenvalue weighted by molar-refractivity contribution is -0.119. The maximum Gasteiger partial charge on any atom is 0.411 e. The van der Waals surface area contributed by atoms with Gasteiger partial charge >= 0.3 is 6.09 Å². The van der Waals surface area contributed by atoms with Crippen molar-refractivity contribution in [2.24, 2.45) is 0 Å². The van der Waals surface area contributed by atoms with Gasteiger partial charge in [-0.1, -0.05) is 34.8 Å². The molecule has 1 unspecified atom stereocenters. The van der Waals surface area contributed by atoms with Gasteiger partial charge in [-0.2, -0.15) is 0 Å². The van der Waals surface area contributed by atoms with Gasteiger partial charge in [0.15, 0.2) is 0 Å². The van der Waals surface area contributed by atoms with Gasteiger partial charge in [0.1, 0.15) is 24.3 Å². The third kappa shape index (κ3) is 6.78. The molecule has 14 heteroatoms. The number of anilines is 2. The summed E-state index contributed by atoms with van der Waals surface area (Å²) in [5.41, 5.74) is 0.291. The van der Waals surface area contributed by atoms with Crippen LogP contribution in [-0.4, -0.2) is 50.0 Å². The molecule has 34 heavy (non-hydrogen) atoms. The summed E-state index contributed by atoms with van der Waals surface area (Å²) in [6.45, 7) is 0.707. The monoisotopic (exact) mass is 553 g/mol. The molecular formula is C20H19Cl3FN3O6S. The fraction of sp³-hybridized carbons (Fsp3) is 0.300. The lowest BCUT2D eigenvalue weighted by Gasteiger charge is -2.35. The Morgan fingerprint density at radius 3 is 2.50 bits per heavy atom. The zero-order valence-corrected chi connectivity index (χ0v) is 20.6. The van der Waals surface area contributed by atoms with Gasteiger partial charge in [-0.05, 0) is 42.5 Å². The Balaban J connectivity index is 1.93. The number of amides is 2. The number of carbonyl (C=O) groups excluding carboxylic acids is 2. The number of ether oxygens (including phenoxy) is 2. The van der Waals surface area contributed by atoms with Crippen molar-refractivity contribution in [1.29, 1.82) is 0 Å². The number of alkyl halides is 3. The molecule has 9 nitrogen and oxygen atoms in total. The zero-order chi connectivity index (χ0) is 25.1. The van der Waals surface area contributed by atoms with Gasteiger partial charge in [0, 0.05) is 12.6 Å². The standard InChI is InChI=1S/C20H19Cl3FN3O6S/c1-12(28)25-9-15-10-27(34(30,31)16-5-2-13(24)3-6-16)17-8-14(4-7-18(17)33-15)26-19(29)32-11-20(21,22)23/h2-8,15H,9-11H2,1H3,(H,25,28)(H,26,29). The van der Waals surface area contributed by atoms with E-state index in [4.69, 9.17) is 44.3 Å². The van der Waals surface area contributed by atoms with Crippen molar-refractivity contribution in [3.05, 3.63) is 48.3 Å². The van der Waals surface area contributed by atoms with Crippen molar-refractivity contribution >= 4 is 68.2 Å². The Bertz CT molecular complexity index is 1180. The average molecular weight is 555 g/mol. The average Bonchev–Trinajstić information content (AvgIpc) is 2.75. The molecule has 2 aromatic rings. The Labute approximate surface area is 210 Å². The van der Waals surface area contributed by atoms with Crippen LogP contribution >= 0.6 is 34.8 Å². The molecule has 2 N–H and O–H groups in total. The molecule has 1 atom stereocenters. The molecule has 0 radical (unpaired) electrons. The van der Waals surface area contributed by atoms with Gasteiger partial charge in [0.05, 0.1) is 23.7 Å². The minimum absolute atomic E-state index is 0.0492. The van der Waals surface area contributed by atoms with Crippen LogP contribution in [0.4, 0.5) is 20.6 Å². The Hall–Kier alpha value is -2.47. The minimum Gasteiger partial charge on any atom is -0.484 e. The Morgan fingerprint density at radius 1 is 1.21 bits per heavy atom. The Morgan fingerprint density at radius 2 is 1.88 bits per heavy atom. The van der Waals surface area contributed by atoms with Crippen molar-refractivity contribution in [2.45, 2.75) is 21.7 Å². The van der Waals surface area contributed by atoms with E-state index in [0.29, 0.717) is 0 Å². The molecule has 0 fully saturated rings. The second kappa shape index (κ2) is 10.4. The van der Waals surface area contributed by atoms with Gasteiger partial charge in [0.2, 0.25) is 9.70 Å². The van der Waals surface area contributed by atoms with Crippen LogP contribution in [0.5, 0.6) is 5.75 Å². The van der Waals surface area contributed by atoms with E-state index in [1.807, 2.05) is 0 Å². The van der Waals surface area contributed by atoms with E-state index in [1.54, 1.807) is 0 Å². The number of nitrogens with one attached hydrogen (secondary N) is 2. The third-order valence-electron chi connectivity index (χ3n) is 4.48. The summed E-state index contributed by atoms with van der Waals surface area (Å²) < 4.78 is 50.1. The number of rotatable bonds is 6. The molecule has 2 amide bonds. The minimum atomic E-state index is -4.16. The van der Waals surface area contributed by atoms with Crippen LogP contribution in [0.2, 0.25) is 0 Å². The van der Waals surface area contributed by atoms with Crippen molar-refractivity contribution < 1.29 is 31.9 Å². The number of sulfonamides is 1. The number of nitrogens with zero attached hydrogens (tertiary/aromatic N) is 1. The van der Waals surface area contributed by atoms with E-state index in [1.165, 1.54) is 25.1 Å². The molecule has 0 bridgehead atoms. The number of fused-ring (bicyclic) bond motifs is 1. The lowest BCUT2D eigenvalue weighted by atomic mass is 10.2. The lowest BCUT2D eigenvalue weighted by Crippen LogP contribution is -2.48. The van der Waals surface area contributed by atoms with Gasteiger partial charge in [-0.3, -0.25) is 14.4 Å². The maximum absolute atomic E-state index is 13.4. The number of hydrogen-bond donors (Lipinski definition) is 2. The van der Waals surface area contributed by atoms with E-state index < -0.39 is 38.4 Å². The second-order valence-electron chi connectivity index (χ2n) is 7.17. The summed E-state index contributed by atoms with van der Waals surface area (Å²) >= 11 is 16.7. The molecule has 0 aromatic heterocycles. The summed E-state index contributed by atoms with van der Waals surface area (Å²) in [5.74, 6) is -0.715. The summed E-state index contributed by atoms with van der Waals surface area (Å²) in [6, 6.07) is 8.61. The summed E-state index contributed by atoms with van der Waals surface area (Å²) in [5, 5.41) is 5.00. The molecule has 1 heterocycles. The molecule has 0 aliphatic carbocycles. The van der Waals surface area contributed by atoms with Crippen LogP contribution in [0.1, 0.15) is 6.92 Å². The first-order valence-corrected chi connectivity index (χ1v) is 12.3. The van der Waals surface area contributed by atoms with Crippen LogP contribution in [0.15, 0.2) is 47.4 Å². The predicted molar refractivity (Wildman–Crippen MR) is 126 cm³/mol. The molecule has 1 aliphatic heterocycles. The second-order valence-corrected chi connectivity index (χ2v) is 11.5. The van der Waals surface area contributed by atoms with Gasteiger partial charge < -0.3 is 14.8 Å². The first-order valence-electron chi connectivity index (χ1n) is 9.69. The van der Waals surface area contributed by atoms with Gasteiger partial charge in [0.25, 0.3) is 10.0 Å². The van der Waals surface area contributed by atoms with Crippen LogP contribution in [0, 0.1) is 5.82 Å². The highest BCUT2D eigenvalue weighted by Crippen LogP contribution is 2.39. The molecule has 1 aliphatic rings. The van der Waals surface area contributed by atoms with Crippen molar-refractivity contribution in [3.8, 4) is 5.75 Å².